The Morgan fingerprint density at radius 1 is 0.902 bits per heavy atom. The van der Waals surface area contributed by atoms with Gasteiger partial charge in [0.05, 0.1) is 11.0 Å². The van der Waals surface area contributed by atoms with Crippen LogP contribution in [0.3, 0.4) is 0 Å². The van der Waals surface area contributed by atoms with Crippen molar-refractivity contribution in [3.63, 3.8) is 0 Å². The molecule has 5 atom stereocenters. The van der Waals surface area contributed by atoms with E-state index >= 15 is 0 Å². The molecule has 5 heteroatoms. The van der Waals surface area contributed by atoms with E-state index in [0.29, 0.717) is 11.5 Å². The average Bonchev–Trinajstić information content (AvgIpc) is 3.63. The molecule has 0 aromatic heterocycles. The zero-order valence-corrected chi connectivity index (χ0v) is 30.7. The van der Waals surface area contributed by atoms with Crippen molar-refractivity contribution in [3.8, 4) is 16.9 Å². The van der Waals surface area contributed by atoms with Crippen LogP contribution in [0.5, 0.6) is 5.75 Å². The van der Waals surface area contributed by atoms with Gasteiger partial charge in [-0.3, -0.25) is 0 Å². The maximum atomic E-state index is 14.5. The number of phenolic OH excluding ortho intramolecular Hbond substituents is 1. The fourth-order valence-corrected chi connectivity index (χ4v) is 10.9. The first-order chi connectivity index (χ1) is 24.8. The average molecular weight is 687 g/mol. The maximum absolute atomic E-state index is 14.5. The minimum atomic E-state index is -0.742. The highest BCUT2D eigenvalue weighted by Crippen LogP contribution is 2.72. The molecular weight excluding hydrogens is 633 g/mol. The summed E-state index contributed by atoms with van der Waals surface area (Å²) in [6.07, 6.45) is 19.7. The molecule has 1 spiro atoms. The Morgan fingerprint density at radius 3 is 2.47 bits per heavy atom. The molecule has 5 nitrogen and oxygen atoms in total. The van der Waals surface area contributed by atoms with Crippen LogP contribution < -0.4 is 0 Å². The number of aromatic hydroxyl groups is 1. The monoisotopic (exact) mass is 686 g/mol. The summed E-state index contributed by atoms with van der Waals surface area (Å²) < 4.78 is 12.7. The molecule has 3 fully saturated rings. The molecule has 7 aliphatic rings. The van der Waals surface area contributed by atoms with Crippen LogP contribution in [0.1, 0.15) is 116 Å². The van der Waals surface area contributed by atoms with Crippen LogP contribution in [-0.4, -0.2) is 17.0 Å². The van der Waals surface area contributed by atoms with E-state index in [9.17, 15) is 14.7 Å². The number of carbonyl (C=O) groups excluding carboxylic acids is 2. The molecule has 51 heavy (non-hydrogen) atoms. The van der Waals surface area contributed by atoms with Crippen LogP contribution in [0.2, 0.25) is 0 Å². The number of ether oxygens (including phenoxy) is 2. The Hall–Kier alpha value is -3.86. The predicted molar refractivity (Wildman–Crippen MR) is 201 cm³/mol. The lowest BCUT2D eigenvalue weighted by molar-refractivity contribution is -0.135. The van der Waals surface area contributed by atoms with Crippen molar-refractivity contribution in [3.05, 3.63) is 94.5 Å². The molecule has 2 saturated carbocycles. The molecule has 0 amide bonds. The maximum Gasteiger partial charge on any atom is 0.340 e. The highest BCUT2D eigenvalue weighted by atomic mass is 16.5. The van der Waals surface area contributed by atoms with Crippen molar-refractivity contribution in [2.24, 2.45) is 40.9 Å². The summed E-state index contributed by atoms with van der Waals surface area (Å²) in [6.45, 7) is 6.74. The summed E-state index contributed by atoms with van der Waals surface area (Å²) >= 11 is 0. The smallest absolute Gasteiger partial charge is 0.340 e. The Kier molecular flexibility index (Phi) is 9.35. The van der Waals surface area contributed by atoms with Crippen molar-refractivity contribution in [1.29, 1.82) is 0 Å². The number of cyclic esters (lactones) is 2. The summed E-state index contributed by atoms with van der Waals surface area (Å²) in [5, 5.41) is 10.9. The Labute approximate surface area is 303 Å². The van der Waals surface area contributed by atoms with Gasteiger partial charge in [0.2, 0.25) is 0 Å². The van der Waals surface area contributed by atoms with Gasteiger partial charge in [0.1, 0.15) is 17.3 Å². The van der Waals surface area contributed by atoms with E-state index in [2.05, 4.69) is 45.1 Å². The normalized spacial score (nSPS) is 29.5. The molecule has 2 bridgehead atoms. The van der Waals surface area contributed by atoms with Crippen LogP contribution in [0.4, 0.5) is 0 Å². The van der Waals surface area contributed by atoms with E-state index in [-0.39, 0.29) is 41.4 Å². The lowest BCUT2D eigenvalue weighted by Crippen LogP contribution is -2.52. The van der Waals surface area contributed by atoms with E-state index in [4.69, 9.17) is 9.47 Å². The molecule has 268 valence electrons. The van der Waals surface area contributed by atoms with Gasteiger partial charge < -0.3 is 14.6 Å². The van der Waals surface area contributed by atoms with Gasteiger partial charge in [-0.2, -0.15) is 0 Å². The third-order valence-corrected chi connectivity index (χ3v) is 13.4. The minimum absolute atomic E-state index is 0.0622. The van der Waals surface area contributed by atoms with Crippen LogP contribution in [0.15, 0.2) is 88.9 Å². The number of benzene rings is 2. The van der Waals surface area contributed by atoms with Gasteiger partial charge in [0, 0.05) is 17.1 Å². The third kappa shape index (κ3) is 5.93. The van der Waals surface area contributed by atoms with E-state index in [1.807, 2.05) is 30.3 Å². The number of rotatable bonds is 10. The highest BCUT2D eigenvalue weighted by Gasteiger charge is 2.68. The Bertz CT molecular complexity index is 1820. The second-order valence-corrected chi connectivity index (χ2v) is 16.7. The summed E-state index contributed by atoms with van der Waals surface area (Å²) in [5.41, 5.74) is 5.81. The Balaban J connectivity index is 1.28. The fourth-order valence-electron chi connectivity index (χ4n) is 10.9. The number of fused-ring (bicyclic) bond motifs is 1. The van der Waals surface area contributed by atoms with Gasteiger partial charge in [-0.25, -0.2) is 9.59 Å². The zero-order valence-electron chi connectivity index (χ0n) is 30.7. The highest BCUT2D eigenvalue weighted by molar-refractivity contribution is 6.07. The number of phenols is 1. The molecular formula is C46H54O5. The van der Waals surface area contributed by atoms with Crippen LogP contribution in [0.25, 0.3) is 16.7 Å². The van der Waals surface area contributed by atoms with E-state index < -0.39 is 5.41 Å². The largest absolute Gasteiger partial charge is 0.508 e. The second-order valence-electron chi connectivity index (χ2n) is 16.7. The van der Waals surface area contributed by atoms with Crippen LogP contribution in [-0.2, 0) is 19.1 Å². The molecule has 0 unspecified atom stereocenters. The van der Waals surface area contributed by atoms with Crippen molar-refractivity contribution >= 4 is 17.5 Å². The number of carbonyl (C=O) groups is 2. The van der Waals surface area contributed by atoms with Gasteiger partial charge in [0.15, 0.2) is 0 Å². The van der Waals surface area contributed by atoms with Gasteiger partial charge in [-0.15, -0.1) is 0 Å². The lowest BCUT2D eigenvalue weighted by Gasteiger charge is -2.56. The first kappa shape index (κ1) is 34.2. The Morgan fingerprint density at radius 2 is 1.71 bits per heavy atom. The van der Waals surface area contributed by atoms with Crippen LogP contribution in [0, 0.1) is 40.9 Å². The summed E-state index contributed by atoms with van der Waals surface area (Å²) in [5.74, 6) is 2.87. The van der Waals surface area contributed by atoms with Crippen molar-refractivity contribution in [2.75, 3.05) is 0 Å². The van der Waals surface area contributed by atoms with E-state index in [1.165, 1.54) is 32.1 Å². The molecule has 2 aromatic rings. The fraction of sp³-hybridized carbons (Fsp3) is 0.522. The molecule has 0 radical (unpaired) electrons. The summed E-state index contributed by atoms with van der Waals surface area (Å²) in [4.78, 5) is 28.7. The van der Waals surface area contributed by atoms with Gasteiger partial charge in [-0.1, -0.05) is 95.7 Å². The van der Waals surface area contributed by atoms with Crippen LogP contribution >= 0.6 is 0 Å². The van der Waals surface area contributed by atoms with E-state index in [0.717, 1.165) is 109 Å². The van der Waals surface area contributed by atoms with Crippen molar-refractivity contribution in [2.45, 2.75) is 111 Å². The van der Waals surface area contributed by atoms with E-state index in [1.54, 1.807) is 6.07 Å². The summed E-state index contributed by atoms with van der Waals surface area (Å²) in [6, 6.07) is 15.8. The molecule has 9 rings (SSSR count). The molecule has 2 aliphatic heterocycles. The predicted octanol–water partition coefficient (Wildman–Crippen LogP) is 11.2. The zero-order chi connectivity index (χ0) is 35.3. The molecule has 2 aromatic carbocycles. The number of esters is 2. The minimum Gasteiger partial charge on any atom is -0.508 e. The summed E-state index contributed by atoms with van der Waals surface area (Å²) in [7, 11) is 0. The lowest BCUT2D eigenvalue weighted by atomic mass is 9.44. The number of hydrogen-bond acceptors (Lipinski definition) is 5. The van der Waals surface area contributed by atoms with Crippen molar-refractivity contribution < 1.29 is 24.2 Å². The van der Waals surface area contributed by atoms with Crippen molar-refractivity contribution in [1.82, 2.24) is 0 Å². The SMILES string of the molecule is CC[C@H](C=C1OC(=O)C2=C(c3cc(O)ccc3-c3ccccc3)[C@@H]3CC[C@]12[C@H]1C2=C(CC[C@H]31)C(=CCCC1CCCCC1)OC2=O)CCC(C)C. The molecule has 1 N–H and O–H groups in total. The van der Waals surface area contributed by atoms with Gasteiger partial charge in [0.25, 0.3) is 0 Å². The molecule has 1 saturated heterocycles. The third-order valence-electron chi connectivity index (χ3n) is 13.4. The number of allylic oxidation sites excluding steroid dienone is 5. The first-order valence-corrected chi connectivity index (χ1v) is 20.0. The van der Waals surface area contributed by atoms with Gasteiger partial charge >= 0.3 is 11.9 Å². The molecule has 5 aliphatic carbocycles. The first-order valence-electron chi connectivity index (χ1n) is 20.0. The second kappa shape index (κ2) is 13.9. The van der Waals surface area contributed by atoms with Gasteiger partial charge in [-0.05, 0) is 128 Å². The topological polar surface area (TPSA) is 72.8 Å². The standard InChI is InChI=1S/C46H54O5/c1-4-29(19-18-28(2)3)26-39-46-25-24-34(40(43(46)45(49)51-39)37-27-32(47)20-21-33(37)31-15-9-6-10-16-31)35-22-23-36-38(50-44(48)41(36)42(35)46)17-11-14-30-12-7-5-8-13-30/h6,9-10,15-17,20-21,26-30,34-35,42,47H,4-5,7-8,11-14,18-19,22-25H2,1-3H3/t29-,34+,35+,42+,46+/m0/s1. The quantitative estimate of drug-likeness (QED) is 0.252. The number of hydrogen-bond donors (Lipinski definition) is 1. The molecule has 2 heterocycles.